The summed E-state index contributed by atoms with van der Waals surface area (Å²) in [4.78, 5) is 4.81. The first-order valence-corrected chi connectivity index (χ1v) is 6.97. The number of para-hydroxylation sites is 2. The lowest BCUT2D eigenvalue weighted by Crippen LogP contribution is -2.03. The minimum atomic E-state index is 0.907. The molecular formula is C17H17BN2. The number of allylic oxidation sites excluding steroid dienone is 6. The van der Waals surface area contributed by atoms with Crippen molar-refractivity contribution in [2.24, 2.45) is 0 Å². The van der Waals surface area contributed by atoms with Gasteiger partial charge in [-0.1, -0.05) is 30.4 Å². The Morgan fingerprint density at radius 2 is 2.05 bits per heavy atom. The summed E-state index contributed by atoms with van der Waals surface area (Å²) >= 11 is 0. The predicted molar refractivity (Wildman–Crippen MR) is 86.4 cm³/mol. The Labute approximate surface area is 120 Å². The molecule has 3 heteroatoms. The van der Waals surface area contributed by atoms with Gasteiger partial charge in [0.1, 0.15) is 13.7 Å². The maximum absolute atomic E-state index is 5.85. The number of aromatic nitrogens is 2. The van der Waals surface area contributed by atoms with E-state index in [9.17, 15) is 0 Å². The summed E-state index contributed by atoms with van der Waals surface area (Å²) in [6, 6.07) is 8.26. The van der Waals surface area contributed by atoms with Crippen LogP contribution >= 0.6 is 0 Å². The Morgan fingerprint density at radius 1 is 1.25 bits per heavy atom. The first-order valence-electron chi connectivity index (χ1n) is 6.97. The third kappa shape index (κ3) is 2.13. The first kappa shape index (κ1) is 13.0. The van der Waals surface area contributed by atoms with Gasteiger partial charge in [0, 0.05) is 5.70 Å². The third-order valence-corrected chi connectivity index (χ3v) is 3.80. The molecule has 2 aromatic rings. The van der Waals surface area contributed by atoms with Crippen molar-refractivity contribution in [2.75, 3.05) is 0 Å². The Balaban J connectivity index is 2.25. The highest BCUT2D eigenvalue weighted by Crippen LogP contribution is 2.30. The van der Waals surface area contributed by atoms with Gasteiger partial charge in [-0.2, -0.15) is 0 Å². The highest BCUT2D eigenvalue weighted by molar-refractivity contribution is 6.22. The number of hydrogen-bond donors (Lipinski definition) is 0. The molecule has 2 nitrogen and oxygen atoms in total. The Kier molecular flexibility index (Phi) is 3.35. The molecule has 2 radical (unpaired) electrons. The zero-order valence-electron chi connectivity index (χ0n) is 11.9. The smallest absolute Gasteiger partial charge is 0.141 e. The third-order valence-electron chi connectivity index (χ3n) is 3.80. The quantitative estimate of drug-likeness (QED) is 0.742. The van der Waals surface area contributed by atoms with Gasteiger partial charge in [-0.3, -0.25) is 4.57 Å². The molecule has 0 unspecified atom stereocenters. The molecule has 3 rings (SSSR count). The summed E-state index contributed by atoms with van der Waals surface area (Å²) in [5.41, 5.74) is 5.57. The molecule has 0 saturated carbocycles. The normalized spacial score (nSPS) is 16.2. The van der Waals surface area contributed by atoms with E-state index in [2.05, 4.69) is 48.8 Å². The summed E-state index contributed by atoms with van der Waals surface area (Å²) in [5.74, 6) is 1.03. The Hall–Kier alpha value is -2.03. The van der Waals surface area contributed by atoms with Crippen LogP contribution in [0.1, 0.15) is 32.5 Å². The minimum absolute atomic E-state index is 0.907. The summed E-state index contributed by atoms with van der Waals surface area (Å²) in [6.45, 7) is 4.17. The van der Waals surface area contributed by atoms with E-state index in [0.717, 1.165) is 35.2 Å². The zero-order chi connectivity index (χ0) is 14.1. The second-order valence-electron chi connectivity index (χ2n) is 5.12. The molecule has 20 heavy (non-hydrogen) atoms. The van der Waals surface area contributed by atoms with Gasteiger partial charge in [0.2, 0.25) is 0 Å². The van der Waals surface area contributed by atoms with Crippen molar-refractivity contribution in [1.82, 2.24) is 9.55 Å². The molecule has 0 spiro atoms. The van der Waals surface area contributed by atoms with Crippen molar-refractivity contribution in [3.63, 3.8) is 0 Å². The Bertz CT molecular complexity index is 747. The molecule has 0 amide bonds. The van der Waals surface area contributed by atoms with E-state index < -0.39 is 0 Å². The van der Waals surface area contributed by atoms with E-state index in [0.29, 0.717) is 0 Å². The fourth-order valence-electron chi connectivity index (χ4n) is 2.57. The summed E-state index contributed by atoms with van der Waals surface area (Å²) < 4.78 is 2.23. The highest BCUT2D eigenvalue weighted by Gasteiger charge is 2.16. The second kappa shape index (κ2) is 5.16. The molecule has 0 aliphatic heterocycles. The van der Waals surface area contributed by atoms with E-state index >= 15 is 0 Å². The predicted octanol–water partition coefficient (Wildman–Crippen LogP) is 4.15. The van der Waals surface area contributed by atoms with Crippen LogP contribution in [0.3, 0.4) is 0 Å². The topological polar surface area (TPSA) is 17.8 Å². The van der Waals surface area contributed by atoms with Gasteiger partial charge >= 0.3 is 0 Å². The number of rotatable bonds is 2. The van der Waals surface area contributed by atoms with Crippen LogP contribution in [0.4, 0.5) is 0 Å². The van der Waals surface area contributed by atoms with Crippen molar-refractivity contribution in [3.05, 3.63) is 53.8 Å². The number of benzene rings is 1. The monoisotopic (exact) mass is 260 g/mol. The fraction of sp³-hybridized carbons (Fsp3) is 0.235. The van der Waals surface area contributed by atoms with Crippen molar-refractivity contribution in [1.29, 1.82) is 0 Å². The summed E-state index contributed by atoms with van der Waals surface area (Å²) in [7, 11) is 5.85. The van der Waals surface area contributed by atoms with E-state index in [4.69, 9.17) is 12.8 Å². The average molecular weight is 260 g/mol. The molecule has 98 valence electrons. The van der Waals surface area contributed by atoms with Crippen LogP contribution in [0.15, 0.2) is 48.0 Å². The molecule has 0 saturated heterocycles. The van der Waals surface area contributed by atoms with Crippen LogP contribution in [0, 0.1) is 0 Å². The standard InChI is InChI=1S/C17H17BN2/c1-3-12(2)20-16-7-5-4-6-15(16)19-17(20)13-8-10-14(18)11-9-13/h3-8,10H,9,11H2,1-2H3. The van der Waals surface area contributed by atoms with Crippen LogP contribution < -0.4 is 0 Å². The van der Waals surface area contributed by atoms with Crippen molar-refractivity contribution < 1.29 is 0 Å². The first-order chi connectivity index (χ1) is 9.70. The van der Waals surface area contributed by atoms with Gasteiger partial charge in [0.25, 0.3) is 0 Å². The maximum Gasteiger partial charge on any atom is 0.141 e. The van der Waals surface area contributed by atoms with Crippen molar-refractivity contribution in [2.45, 2.75) is 26.7 Å². The zero-order valence-corrected chi connectivity index (χ0v) is 11.9. The largest absolute Gasteiger partial charge is 0.297 e. The van der Waals surface area contributed by atoms with Gasteiger partial charge in [-0.15, -0.1) is 5.47 Å². The van der Waals surface area contributed by atoms with E-state index in [1.807, 2.05) is 12.1 Å². The van der Waals surface area contributed by atoms with E-state index in [1.165, 1.54) is 11.3 Å². The lowest BCUT2D eigenvalue weighted by molar-refractivity contribution is 0.977. The lowest BCUT2D eigenvalue weighted by Gasteiger charge is -2.15. The van der Waals surface area contributed by atoms with E-state index in [1.54, 1.807) is 0 Å². The van der Waals surface area contributed by atoms with Gasteiger partial charge in [0.05, 0.1) is 11.0 Å². The number of fused-ring (bicyclic) bond motifs is 1. The molecule has 1 aliphatic rings. The molecule has 0 fully saturated rings. The molecule has 0 N–H and O–H groups in total. The van der Waals surface area contributed by atoms with Crippen LogP contribution in [0.25, 0.3) is 22.3 Å². The fourth-order valence-corrected chi connectivity index (χ4v) is 2.57. The van der Waals surface area contributed by atoms with Crippen molar-refractivity contribution >= 4 is 30.1 Å². The summed E-state index contributed by atoms with van der Waals surface area (Å²) in [5, 5.41) is 0. The van der Waals surface area contributed by atoms with Crippen LogP contribution in [-0.2, 0) is 0 Å². The molecule has 1 aliphatic carbocycles. The Morgan fingerprint density at radius 3 is 2.75 bits per heavy atom. The van der Waals surface area contributed by atoms with Crippen LogP contribution in [0.2, 0.25) is 0 Å². The van der Waals surface area contributed by atoms with Crippen LogP contribution in [0.5, 0.6) is 0 Å². The maximum atomic E-state index is 5.85. The second-order valence-corrected chi connectivity index (χ2v) is 5.12. The summed E-state index contributed by atoms with van der Waals surface area (Å²) in [6.07, 6.45) is 8.06. The molecule has 1 aromatic heterocycles. The SMILES string of the molecule is [B]C1=CC=C(c2nc3ccccc3n2C(C)=CC)CC1. The van der Waals surface area contributed by atoms with Crippen molar-refractivity contribution in [3.8, 4) is 0 Å². The highest BCUT2D eigenvalue weighted by atomic mass is 15.1. The van der Waals surface area contributed by atoms with Gasteiger partial charge < -0.3 is 0 Å². The molecule has 0 bridgehead atoms. The molecule has 1 aromatic carbocycles. The van der Waals surface area contributed by atoms with Gasteiger partial charge in [-0.05, 0) is 44.4 Å². The number of nitrogens with zero attached hydrogens (tertiary/aromatic N) is 2. The molecule has 1 heterocycles. The van der Waals surface area contributed by atoms with E-state index in [-0.39, 0.29) is 0 Å². The molecule has 0 atom stereocenters. The molecular weight excluding hydrogens is 243 g/mol. The van der Waals surface area contributed by atoms with Crippen LogP contribution in [-0.4, -0.2) is 17.4 Å². The lowest BCUT2D eigenvalue weighted by atomic mass is 9.85. The number of imidazole rings is 1. The van der Waals surface area contributed by atoms with Gasteiger partial charge in [-0.25, -0.2) is 4.98 Å². The minimum Gasteiger partial charge on any atom is -0.297 e. The number of hydrogen-bond acceptors (Lipinski definition) is 1. The van der Waals surface area contributed by atoms with Gasteiger partial charge in [0.15, 0.2) is 0 Å². The average Bonchev–Trinajstić information content (AvgIpc) is 2.86.